The lowest BCUT2D eigenvalue weighted by molar-refractivity contribution is -0.137. The number of aryl methyl sites for hydroxylation is 2. The second kappa shape index (κ2) is 6.36. The molecule has 0 spiro atoms. The number of hydrogen-bond acceptors (Lipinski definition) is 4. The van der Waals surface area contributed by atoms with E-state index in [9.17, 15) is 9.59 Å². The zero-order valence-electron chi connectivity index (χ0n) is 11.8. The number of oxazole rings is 1. The second-order valence-electron chi connectivity index (χ2n) is 4.74. The van der Waals surface area contributed by atoms with Crippen LogP contribution in [0, 0.1) is 13.8 Å². The van der Waals surface area contributed by atoms with Crippen LogP contribution in [0.4, 0.5) is 0 Å². The van der Waals surface area contributed by atoms with E-state index in [1.165, 1.54) is 0 Å². The molecule has 1 amide bonds. The van der Waals surface area contributed by atoms with Crippen LogP contribution in [0.5, 0.6) is 0 Å². The third-order valence-electron chi connectivity index (χ3n) is 2.77. The first-order valence-electron chi connectivity index (χ1n) is 6.29. The highest BCUT2D eigenvalue weighted by atomic mass is 16.4. The van der Waals surface area contributed by atoms with E-state index in [4.69, 9.17) is 9.52 Å². The third-order valence-corrected chi connectivity index (χ3v) is 2.77. The van der Waals surface area contributed by atoms with Crippen molar-refractivity contribution in [1.29, 1.82) is 0 Å². The van der Waals surface area contributed by atoms with Crippen molar-refractivity contribution >= 4 is 11.9 Å². The minimum Gasteiger partial charge on any atom is -0.481 e. The van der Waals surface area contributed by atoms with Crippen LogP contribution < -0.4 is 0 Å². The van der Waals surface area contributed by atoms with Crippen molar-refractivity contribution in [2.45, 2.75) is 46.6 Å². The van der Waals surface area contributed by atoms with Crippen LogP contribution in [0.25, 0.3) is 0 Å². The maximum atomic E-state index is 12.3. The molecule has 1 aromatic rings. The van der Waals surface area contributed by atoms with Gasteiger partial charge in [0.1, 0.15) is 0 Å². The first kappa shape index (κ1) is 15.2. The fourth-order valence-corrected chi connectivity index (χ4v) is 1.86. The Labute approximate surface area is 112 Å². The van der Waals surface area contributed by atoms with Gasteiger partial charge in [0.15, 0.2) is 5.89 Å². The molecule has 0 aliphatic heterocycles. The van der Waals surface area contributed by atoms with Gasteiger partial charge in [0.25, 0.3) is 5.91 Å². The first-order valence-corrected chi connectivity index (χ1v) is 6.29. The molecular weight excluding hydrogens is 248 g/mol. The lowest BCUT2D eigenvalue weighted by Crippen LogP contribution is -2.38. The van der Waals surface area contributed by atoms with Crippen molar-refractivity contribution < 1.29 is 19.1 Å². The maximum absolute atomic E-state index is 12.3. The highest BCUT2D eigenvalue weighted by Gasteiger charge is 2.24. The van der Waals surface area contributed by atoms with Crippen molar-refractivity contribution in [3.63, 3.8) is 0 Å². The zero-order valence-corrected chi connectivity index (χ0v) is 11.8. The molecule has 1 rings (SSSR count). The molecule has 1 aromatic heterocycles. The number of aliphatic carboxylic acids is 1. The van der Waals surface area contributed by atoms with Gasteiger partial charge in [-0.3, -0.25) is 9.59 Å². The summed E-state index contributed by atoms with van der Waals surface area (Å²) in [6, 6.07) is -0.0221. The van der Waals surface area contributed by atoms with Gasteiger partial charge in [0, 0.05) is 25.9 Å². The summed E-state index contributed by atoms with van der Waals surface area (Å²) >= 11 is 0. The van der Waals surface area contributed by atoms with E-state index in [1.54, 1.807) is 18.7 Å². The summed E-state index contributed by atoms with van der Waals surface area (Å²) in [7, 11) is 0. The van der Waals surface area contributed by atoms with Gasteiger partial charge in [-0.05, 0) is 27.2 Å². The quantitative estimate of drug-likeness (QED) is 0.853. The summed E-state index contributed by atoms with van der Waals surface area (Å²) in [6.07, 6.45) is 0.469. The molecule has 0 bridgehead atoms. The minimum absolute atomic E-state index is 0.0221. The molecule has 0 atom stereocenters. The van der Waals surface area contributed by atoms with Crippen LogP contribution in [0.15, 0.2) is 4.42 Å². The number of rotatable bonds is 6. The average Bonchev–Trinajstić information content (AvgIpc) is 2.62. The van der Waals surface area contributed by atoms with E-state index in [0.717, 1.165) is 0 Å². The topological polar surface area (TPSA) is 83.6 Å². The number of carboxylic acid groups (broad SMARTS) is 1. The van der Waals surface area contributed by atoms with Crippen molar-refractivity contribution in [3.8, 4) is 0 Å². The number of carbonyl (C=O) groups is 2. The van der Waals surface area contributed by atoms with Gasteiger partial charge in [-0.1, -0.05) is 0 Å². The van der Waals surface area contributed by atoms with E-state index < -0.39 is 5.97 Å². The van der Waals surface area contributed by atoms with E-state index >= 15 is 0 Å². The van der Waals surface area contributed by atoms with Gasteiger partial charge in [0.2, 0.25) is 5.76 Å². The van der Waals surface area contributed by atoms with E-state index in [2.05, 4.69) is 4.98 Å². The molecule has 0 unspecified atom stereocenters. The molecule has 0 aromatic carbocycles. The van der Waals surface area contributed by atoms with E-state index in [-0.39, 0.29) is 24.1 Å². The van der Waals surface area contributed by atoms with Crippen LogP contribution in [0.1, 0.15) is 48.8 Å². The van der Waals surface area contributed by atoms with Gasteiger partial charge in [-0.25, -0.2) is 4.98 Å². The van der Waals surface area contributed by atoms with Crippen LogP contribution in [-0.4, -0.2) is 39.5 Å². The minimum atomic E-state index is -0.858. The largest absolute Gasteiger partial charge is 0.481 e. The number of hydrogen-bond donors (Lipinski definition) is 1. The Balaban J connectivity index is 2.78. The monoisotopic (exact) mass is 268 g/mol. The molecule has 19 heavy (non-hydrogen) atoms. The maximum Gasteiger partial charge on any atom is 0.303 e. The number of nitrogens with zero attached hydrogens (tertiary/aromatic N) is 2. The van der Waals surface area contributed by atoms with Crippen molar-refractivity contribution in [3.05, 3.63) is 17.3 Å². The van der Waals surface area contributed by atoms with Crippen LogP contribution in [0.2, 0.25) is 0 Å². The van der Waals surface area contributed by atoms with Crippen molar-refractivity contribution in [2.24, 2.45) is 0 Å². The summed E-state index contributed by atoms with van der Waals surface area (Å²) in [4.78, 5) is 28.5. The summed E-state index contributed by atoms with van der Waals surface area (Å²) in [5.74, 6) is -0.405. The summed E-state index contributed by atoms with van der Waals surface area (Å²) in [5.41, 5.74) is 0.561. The van der Waals surface area contributed by atoms with Gasteiger partial charge in [-0.15, -0.1) is 0 Å². The molecule has 6 nitrogen and oxygen atoms in total. The average molecular weight is 268 g/mol. The standard InChI is InChI=1S/C13H20N2O4/c1-8(2)15(7-5-6-11(16)17)13(18)12-9(3)14-10(4)19-12/h8H,5-7H2,1-4H3,(H,16,17). The lowest BCUT2D eigenvalue weighted by Gasteiger charge is -2.25. The number of aromatic nitrogens is 1. The second-order valence-corrected chi connectivity index (χ2v) is 4.74. The third kappa shape index (κ3) is 4.08. The molecule has 1 N–H and O–H groups in total. The Morgan fingerprint density at radius 2 is 2.00 bits per heavy atom. The molecular formula is C13H20N2O4. The Bertz CT molecular complexity index is 465. The molecule has 0 radical (unpaired) electrons. The molecule has 0 aliphatic carbocycles. The number of carbonyl (C=O) groups excluding carboxylic acids is 1. The molecule has 0 fully saturated rings. The molecule has 0 saturated carbocycles. The Morgan fingerprint density at radius 1 is 1.37 bits per heavy atom. The van der Waals surface area contributed by atoms with E-state index in [0.29, 0.717) is 24.6 Å². The first-order chi connectivity index (χ1) is 8.82. The summed E-state index contributed by atoms with van der Waals surface area (Å²) in [5, 5.41) is 8.64. The highest BCUT2D eigenvalue weighted by molar-refractivity contribution is 5.92. The smallest absolute Gasteiger partial charge is 0.303 e. The van der Waals surface area contributed by atoms with Gasteiger partial charge >= 0.3 is 5.97 Å². The fraction of sp³-hybridized carbons (Fsp3) is 0.615. The number of carboxylic acids is 1. The Kier molecular flexibility index (Phi) is 5.09. The summed E-state index contributed by atoms with van der Waals surface area (Å²) in [6.45, 7) is 7.57. The normalized spacial score (nSPS) is 10.8. The number of amides is 1. The molecule has 106 valence electrons. The van der Waals surface area contributed by atoms with Gasteiger partial charge in [0.05, 0.1) is 5.69 Å². The summed E-state index contributed by atoms with van der Waals surface area (Å²) < 4.78 is 5.32. The SMILES string of the molecule is Cc1nc(C)c(C(=O)N(CCCC(=O)O)C(C)C)o1. The van der Waals surface area contributed by atoms with Gasteiger partial charge < -0.3 is 14.4 Å². The Hall–Kier alpha value is -1.85. The molecule has 0 saturated heterocycles. The van der Waals surface area contributed by atoms with E-state index in [1.807, 2.05) is 13.8 Å². The highest BCUT2D eigenvalue weighted by Crippen LogP contribution is 2.15. The van der Waals surface area contributed by atoms with Crippen LogP contribution in [-0.2, 0) is 4.79 Å². The Morgan fingerprint density at radius 3 is 2.42 bits per heavy atom. The van der Waals surface area contributed by atoms with Crippen LogP contribution >= 0.6 is 0 Å². The van der Waals surface area contributed by atoms with Gasteiger partial charge in [-0.2, -0.15) is 0 Å². The van der Waals surface area contributed by atoms with Crippen molar-refractivity contribution in [1.82, 2.24) is 9.88 Å². The zero-order chi connectivity index (χ0) is 14.6. The van der Waals surface area contributed by atoms with Crippen molar-refractivity contribution in [2.75, 3.05) is 6.54 Å². The predicted octanol–water partition coefficient (Wildman–Crippen LogP) is 2.01. The fourth-order valence-electron chi connectivity index (χ4n) is 1.86. The molecule has 1 heterocycles. The molecule has 6 heteroatoms. The lowest BCUT2D eigenvalue weighted by atomic mass is 10.2. The molecule has 0 aliphatic rings. The van der Waals surface area contributed by atoms with Crippen LogP contribution in [0.3, 0.4) is 0 Å². The predicted molar refractivity (Wildman–Crippen MR) is 69.0 cm³/mol.